The van der Waals surface area contributed by atoms with Crippen LogP contribution in [0.3, 0.4) is 0 Å². The summed E-state index contributed by atoms with van der Waals surface area (Å²) in [5.41, 5.74) is 2.67. The highest BCUT2D eigenvalue weighted by molar-refractivity contribution is 6.13. The first kappa shape index (κ1) is 21.4. The van der Waals surface area contributed by atoms with Gasteiger partial charge in [-0.1, -0.05) is 6.07 Å². The van der Waals surface area contributed by atoms with E-state index in [-0.39, 0.29) is 5.91 Å². The molecule has 0 fully saturated rings. The van der Waals surface area contributed by atoms with Gasteiger partial charge >= 0.3 is 6.03 Å². The Bertz CT molecular complexity index is 1190. The third kappa shape index (κ3) is 4.27. The van der Waals surface area contributed by atoms with Crippen LogP contribution in [0.2, 0.25) is 0 Å². The number of carbonyl (C=O) groups excluding carboxylic acids is 2. The molecular weight excluding hydrogens is 410 g/mol. The van der Waals surface area contributed by atoms with Crippen LogP contribution in [0.15, 0.2) is 47.6 Å². The fraction of sp³-hybridized carbons (Fsp3) is 0.304. The van der Waals surface area contributed by atoms with E-state index in [9.17, 15) is 9.59 Å². The molecule has 166 valence electrons. The monoisotopic (exact) mass is 435 g/mol. The van der Waals surface area contributed by atoms with Crippen LogP contribution in [0.25, 0.3) is 10.9 Å². The van der Waals surface area contributed by atoms with Crippen molar-refractivity contribution in [3.63, 3.8) is 0 Å². The largest absolute Gasteiger partial charge is 0.490 e. The van der Waals surface area contributed by atoms with Gasteiger partial charge in [0, 0.05) is 16.8 Å². The quantitative estimate of drug-likeness (QED) is 0.521. The average Bonchev–Trinajstić information content (AvgIpc) is 3.22. The lowest BCUT2D eigenvalue weighted by atomic mass is 9.87. The van der Waals surface area contributed by atoms with Gasteiger partial charge in [0.25, 0.3) is 0 Å². The molecule has 1 aromatic heterocycles. The van der Waals surface area contributed by atoms with Crippen molar-refractivity contribution < 1.29 is 19.1 Å². The Morgan fingerprint density at radius 3 is 2.66 bits per heavy atom. The summed E-state index contributed by atoms with van der Waals surface area (Å²) in [7, 11) is 0. The van der Waals surface area contributed by atoms with E-state index in [1.54, 1.807) is 31.3 Å². The lowest BCUT2D eigenvalue weighted by Gasteiger charge is -2.30. The topological polar surface area (TPSA) is 118 Å². The maximum absolute atomic E-state index is 13.3. The number of rotatable bonds is 7. The second-order valence-electron chi connectivity index (χ2n) is 7.39. The maximum atomic E-state index is 13.3. The first-order chi connectivity index (χ1) is 15.5. The minimum absolute atomic E-state index is 0.272. The summed E-state index contributed by atoms with van der Waals surface area (Å²) in [4.78, 5) is 29.5. The molecule has 0 spiro atoms. The fourth-order valence-electron chi connectivity index (χ4n) is 3.84. The SMILES string of the molecule is CCOc1ccc(C2NC(=O)N=C(C)C2C(=O)Nc2ccc3[nH]ncc3c2)cc1OCC. The predicted molar refractivity (Wildman–Crippen MR) is 121 cm³/mol. The van der Waals surface area contributed by atoms with Gasteiger partial charge in [0.1, 0.15) is 5.92 Å². The zero-order chi connectivity index (χ0) is 22.7. The Balaban J connectivity index is 1.65. The number of hydrogen-bond acceptors (Lipinski definition) is 5. The molecule has 1 aliphatic heterocycles. The number of urea groups is 1. The number of anilines is 1. The van der Waals surface area contributed by atoms with Gasteiger partial charge in [0.15, 0.2) is 11.5 Å². The van der Waals surface area contributed by atoms with E-state index in [4.69, 9.17) is 9.47 Å². The van der Waals surface area contributed by atoms with Crippen molar-refractivity contribution in [2.75, 3.05) is 18.5 Å². The van der Waals surface area contributed by atoms with Crippen molar-refractivity contribution in [2.24, 2.45) is 10.9 Å². The van der Waals surface area contributed by atoms with Crippen molar-refractivity contribution in [3.8, 4) is 11.5 Å². The molecule has 2 unspecified atom stereocenters. The van der Waals surface area contributed by atoms with E-state index in [0.717, 1.165) is 16.5 Å². The predicted octanol–water partition coefficient (Wildman–Crippen LogP) is 3.84. The van der Waals surface area contributed by atoms with Gasteiger partial charge in [-0.3, -0.25) is 9.89 Å². The summed E-state index contributed by atoms with van der Waals surface area (Å²) in [6, 6.07) is 9.81. The third-order valence-corrected chi connectivity index (χ3v) is 5.26. The molecular formula is C23H25N5O4. The van der Waals surface area contributed by atoms with Crippen LogP contribution in [0.5, 0.6) is 11.5 Å². The highest BCUT2D eigenvalue weighted by Crippen LogP contribution is 2.35. The van der Waals surface area contributed by atoms with Crippen LogP contribution in [0, 0.1) is 5.92 Å². The van der Waals surface area contributed by atoms with E-state index in [1.165, 1.54) is 0 Å². The molecule has 2 atom stereocenters. The van der Waals surface area contributed by atoms with Gasteiger partial charge < -0.3 is 20.1 Å². The maximum Gasteiger partial charge on any atom is 0.341 e. The molecule has 3 aromatic rings. The van der Waals surface area contributed by atoms with E-state index in [2.05, 4.69) is 25.8 Å². The second-order valence-corrected chi connectivity index (χ2v) is 7.39. The number of carbonyl (C=O) groups is 2. The molecule has 2 aromatic carbocycles. The van der Waals surface area contributed by atoms with Gasteiger partial charge in [0.2, 0.25) is 5.91 Å². The van der Waals surface area contributed by atoms with Gasteiger partial charge in [-0.2, -0.15) is 5.10 Å². The first-order valence-corrected chi connectivity index (χ1v) is 10.5. The number of fused-ring (bicyclic) bond motifs is 1. The molecule has 3 amide bonds. The van der Waals surface area contributed by atoms with Crippen LogP contribution in [0.4, 0.5) is 10.5 Å². The van der Waals surface area contributed by atoms with Crippen molar-refractivity contribution >= 4 is 34.2 Å². The zero-order valence-corrected chi connectivity index (χ0v) is 18.1. The van der Waals surface area contributed by atoms with Crippen LogP contribution in [-0.4, -0.2) is 41.1 Å². The lowest BCUT2D eigenvalue weighted by Crippen LogP contribution is -2.45. The fourth-order valence-corrected chi connectivity index (χ4v) is 3.84. The van der Waals surface area contributed by atoms with E-state index in [1.807, 2.05) is 32.0 Å². The zero-order valence-electron chi connectivity index (χ0n) is 18.1. The Morgan fingerprint density at radius 2 is 1.88 bits per heavy atom. The number of amides is 3. The summed E-state index contributed by atoms with van der Waals surface area (Å²) in [6.07, 6.45) is 1.69. The molecule has 0 bridgehead atoms. The van der Waals surface area contributed by atoms with Crippen molar-refractivity contribution in [3.05, 3.63) is 48.2 Å². The third-order valence-electron chi connectivity index (χ3n) is 5.26. The Kier molecular flexibility index (Phi) is 6.07. The Hall–Kier alpha value is -3.88. The standard InChI is InChI=1S/C23H25N5O4/c1-4-31-18-9-6-14(11-19(18)32-5-2)21-20(13(3)25-23(30)27-21)22(29)26-16-7-8-17-15(10-16)12-24-28-17/h6-12,20-21H,4-5H2,1-3H3,(H,24,28)(H,26,29)(H,27,30). The van der Waals surface area contributed by atoms with Gasteiger partial charge in [0.05, 0.1) is 31.0 Å². The molecule has 4 rings (SSSR count). The number of nitrogens with one attached hydrogen (secondary N) is 3. The molecule has 32 heavy (non-hydrogen) atoms. The number of aromatic nitrogens is 2. The van der Waals surface area contributed by atoms with E-state index >= 15 is 0 Å². The summed E-state index contributed by atoms with van der Waals surface area (Å²) < 4.78 is 11.4. The van der Waals surface area contributed by atoms with Crippen LogP contribution in [0.1, 0.15) is 32.4 Å². The van der Waals surface area contributed by atoms with Crippen LogP contribution in [-0.2, 0) is 4.79 Å². The summed E-state index contributed by atoms with van der Waals surface area (Å²) in [5, 5.41) is 13.5. The van der Waals surface area contributed by atoms with E-state index in [0.29, 0.717) is 36.1 Å². The molecule has 0 radical (unpaired) electrons. The average molecular weight is 435 g/mol. The number of ether oxygens (including phenoxy) is 2. The van der Waals surface area contributed by atoms with E-state index < -0.39 is 18.0 Å². The molecule has 3 N–H and O–H groups in total. The number of aromatic amines is 1. The number of nitrogens with zero attached hydrogens (tertiary/aromatic N) is 2. The highest BCUT2D eigenvalue weighted by Gasteiger charge is 2.37. The summed E-state index contributed by atoms with van der Waals surface area (Å²) in [5.74, 6) is 0.206. The Morgan fingerprint density at radius 1 is 1.09 bits per heavy atom. The number of hydrogen-bond donors (Lipinski definition) is 3. The van der Waals surface area contributed by atoms with Crippen molar-refractivity contribution in [1.82, 2.24) is 15.5 Å². The smallest absolute Gasteiger partial charge is 0.341 e. The first-order valence-electron chi connectivity index (χ1n) is 10.5. The molecule has 1 aliphatic rings. The molecule has 9 nitrogen and oxygen atoms in total. The number of H-pyrrole nitrogens is 1. The van der Waals surface area contributed by atoms with Crippen LogP contribution >= 0.6 is 0 Å². The lowest BCUT2D eigenvalue weighted by molar-refractivity contribution is -0.118. The van der Waals surface area contributed by atoms with Gasteiger partial charge in [-0.25, -0.2) is 9.79 Å². The Labute approximate surface area is 185 Å². The minimum atomic E-state index is -0.694. The summed E-state index contributed by atoms with van der Waals surface area (Å²) in [6.45, 7) is 6.42. The number of benzene rings is 2. The van der Waals surface area contributed by atoms with Crippen molar-refractivity contribution in [2.45, 2.75) is 26.8 Å². The second kappa shape index (κ2) is 9.09. The normalized spacial score (nSPS) is 18.1. The summed E-state index contributed by atoms with van der Waals surface area (Å²) >= 11 is 0. The van der Waals surface area contributed by atoms with Gasteiger partial charge in [-0.05, 0) is 56.7 Å². The molecule has 9 heteroatoms. The highest BCUT2D eigenvalue weighted by atomic mass is 16.5. The molecule has 0 saturated carbocycles. The number of aliphatic imine (C=N–C) groups is 1. The molecule has 2 heterocycles. The molecule has 0 saturated heterocycles. The van der Waals surface area contributed by atoms with Gasteiger partial charge in [-0.15, -0.1) is 0 Å². The van der Waals surface area contributed by atoms with Crippen molar-refractivity contribution in [1.29, 1.82) is 0 Å². The minimum Gasteiger partial charge on any atom is -0.490 e. The van der Waals surface area contributed by atoms with Crippen LogP contribution < -0.4 is 20.1 Å². The molecule has 0 aliphatic carbocycles.